The molecule has 0 aromatic heterocycles. The van der Waals surface area contributed by atoms with Gasteiger partial charge in [0.15, 0.2) is 0 Å². The average Bonchev–Trinajstić information content (AvgIpc) is 2.37. The summed E-state index contributed by atoms with van der Waals surface area (Å²) in [6.07, 6.45) is 1.62. The van der Waals surface area contributed by atoms with Gasteiger partial charge < -0.3 is 15.8 Å². The Kier molecular flexibility index (Phi) is 8.03. The molecule has 5 nitrogen and oxygen atoms in total. The largest absolute Gasteiger partial charge is 0.379 e. The molecule has 1 unspecified atom stereocenters. The topological polar surface area (TPSA) is 67.6 Å². The number of rotatable bonds is 6. The number of hydrogen-bond donors (Lipinski definition) is 2. The molecule has 0 radical (unpaired) electrons. The molecular weight excluding hydrogens is 278 g/mol. The van der Waals surface area contributed by atoms with Crippen LogP contribution in [0.5, 0.6) is 0 Å². The molecule has 0 saturated carbocycles. The van der Waals surface area contributed by atoms with Gasteiger partial charge in [0.2, 0.25) is 5.91 Å². The molecule has 0 aliphatic carbocycles. The fraction of sp³-hybridized carbons (Fsp3) is 0.929. The van der Waals surface area contributed by atoms with Crippen molar-refractivity contribution in [1.82, 2.24) is 10.2 Å². The zero-order valence-corrected chi connectivity index (χ0v) is 14.0. The lowest BCUT2D eigenvalue weighted by Gasteiger charge is -2.41. The molecule has 1 fully saturated rings. The Morgan fingerprint density at radius 3 is 2.35 bits per heavy atom. The van der Waals surface area contributed by atoms with E-state index in [1.54, 1.807) is 6.92 Å². The Hall–Kier alpha value is -0.360. The van der Waals surface area contributed by atoms with E-state index >= 15 is 0 Å². The highest BCUT2D eigenvalue weighted by Crippen LogP contribution is 2.16. The van der Waals surface area contributed by atoms with E-state index in [-0.39, 0.29) is 23.9 Å². The van der Waals surface area contributed by atoms with Crippen LogP contribution in [0.15, 0.2) is 0 Å². The third-order valence-electron chi connectivity index (χ3n) is 3.84. The molecule has 0 spiro atoms. The molecule has 0 aromatic carbocycles. The van der Waals surface area contributed by atoms with E-state index in [2.05, 4.69) is 24.1 Å². The number of nitrogens with zero attached hydrogens (tertiary/aromatic N) is 1. The predicted molar refractivity (Wildman–Crippen MR) is 84.2 cm³/mol. The lowest BCUT2D eigenvalue weighted by molar-refractivity contribution is -0.126. The highest BCUT2D eigenvalue weighted by Gasteiger charge is 2.32. The molecule has 6 heteroatoms. The summed E-state index contributed by atoms with van der Waals surface area (Å²) in [6.45, 7) is 12.1. The second kappa shape index (κ2) is 8.17. The van der Waals surface area contributed by atoms with E-state index in [1.165, 1.54) is 0 Å². The fourth-order valence-corrected chi connectivity index (χ4v) is 2.41. The molecule has 1 aliphatic heterocycles. The smallest absolute Gasteiger partial charge is 0.239 e. The van der Waals surface area contributed by atoms with Gasteiger partial charge in [-0.15, -0.1) is 12.4 Å². The van der Waals surface area contributed by atoms with Gasteiger partial charge in [0.1, 0.15) is 0 Å². The number of carbonyl (C=O) groups is 1. The first-order chi connectivity index (χ1) is 8.79. The van der Waals surface area contributed by atoms with Gasteiger partial charge in [0.25, 0.3) is 0 Å². The number of nitrogens with two attached hydrogens (primary N) is 1. The minimum absolute atomic E-state index is 0. The van der Waals surface area contributed by atoms with E-state index in [9.17, 15) is 4.79 Å². The van der Waals surface area contributed by atoms with Crippen LogP contribution < -0.4 is 11.1 Å². The van der Waals surface area contributed by atoms with Crippen LogP contribution in [-0.2, 0) is 9.53 Å². The molecule has 0 aromatic rings. The third kappa shape index (κ3) is 5.56. The van der Waals surface area contributed by atoms with E-state index < -0.39 is 5.54 Å². The maximum atomic E-state index is 12.1. The molecule has 1 heterocycles. The number of hydrogen-bond acceptors (Lipinski definition) is 4. The summed E-state index contributed by atoms with van der Waals surface area (Å²) in [5.74, 6) is -0.0596. The van der Waals surface area contributed by atoms with Crippen LogP contribution in [0.3, 0.4) is 0 Å². The van der Waals surface area contributed by atoms with Gasteiger partial charge in [-0.2, -0.15) is 0 Å². The average molecular weight is 308 g/mol. The maximum Gasteiger partial charge on any atom is 0.239 e. The van der Waals surface area contributed by atoms with Crippen LogP contribution >= 0.6 is 12.4 Å². The van der Waals surface area contributed by atoms with Crippen LogP contribution in [0.1, 0.15) is 40.5 Å². The Morgan fingerprint density at radius 2 is 1.85 bits per heavy atom. The molecule has 0 bridgehead atoms. The van der Waals surface area contributed by atoms with E-state index in [0.717, 1.165) is 32.7 Å². The molecule has 1 atom stereocenters. The van der Waals surface area contributed by atoms with Crippen molar-refractivity contribution in [2.75, 3.05) is 32.8 Å². The van der Waals surface area contributed by atoms with Crippen LogP contribution in [0, 0.1) is 0 Å². The summed E-state index contributed by atoms with van der Waals surface area (Å²) in [6, 6.07) is 0. The number of morpholine rings is 1. The first-order valence-electron chi connectivity index (χ1n) is 7.19. The molecule has 1 rings (SSSR count). The third-order valence-corrected chi connectivity index (χ3v) is 3.84. The minimum Gasteiger partial charge on any atom is -0.379 e. The van der Waals surface area contributed by atoms with Crippen molar-refractivity contribution in [3.05, 3.63) is 0 Å². The summed E-state index contributed by atoms with van der Waals surface area (Å²) < 4.78 is 5.36. The highest BCUT2D eigenvalue weighted by molar-refractivity contribution is 5.85. The van der Waals surface area contributed by atoms with Gasteiger partial charge in [-0.25, -0.2) is 0 Å². The summed E-state index contributed by atoms with van der Waals surface area (Å²) in [5.41, 5.74) is 5.20. The molecule has 20 heavy (non-hydrogen) atoms. The summed E-state index contributed by atoms with van der Waals surface area (Å²) in [7, 11) is 0. The van der Waals surface area contributed by atoms with Crippen molar-refractivity contribution < 1.29 is 9.53 Å². The molecule has 1 saturated heterocycles. The molecule has 3 N–H and O–H groups in total. The molecule has 120 valence electrons. The fourth-order valence-electron chi connectivity index (χ4n) is 2.41. The predicted octanol–water partition coefficient (Wildman–Crippen LogP) is 1.15. The lowest BCUT2D eigenvalue weighted by Crippen LogP contribution is -2.59. The van der Waals surface area contributed by atoms with Gasteiger partial charge in [-0.05, 0) is 27.2 Å². The van der Waals surface area contributed by atoms with Gasteiger partial charge in [0.05, 0.1) is 18.8 Å². The number of nitrogens with one attached hydrogen (secondary N) is 1. The second-order valence-electron chi connectivity index (χ2n) is 6.26. The van der Waals surface area contributed by atoms with Crippen LogP contribution in [-0.4, -0.2) is 54.7 Å². The quantitative estimate of drug-likeness (QED) is 0.772. The van der Waals surface area contributed by atoms with Crippen molar-refractivity contribution in [1.29, 1.82) is 0 Å². The summed E-state index contributed by atoms with van der Waals surface area (Å²) in [4.78, 5) is 14.5. The Labute approximate surface area is 129 Å². The Bertz CT molecular complexity index is 303. The van der Waals surface area contributed by atoms with E-state index in [1.807, 2.05) is 6.92 Å². The number of amides is 1. The zero-order valence-electron chi connectivity index (χ0n) is 13.2. The molecule has 1 amide bonds. The number of carbonyl (C=O) groups excluding carboxylic acids is 1. The van der Waals surface area contributed by atoms with Crippen molar-refractivity contribution >= 4 is 18.3 Å². The standard InChI is InChI=1S/C14H29N3O2.ClH/c1-5-6-14(4,15)12(18)16-11-13(2,3)17-7-9-19-10-8-17;/h5-11,15H2,1-4H3,(H,16,18);1H. The van der Waals surface area contributed by atoms with Crippen molar-refractivity contribution in [2.24, 2.45) is 5.73 Å². The number of halogens is 1. The van der Waals surface area contributed by atoms with Crippen LogP contribution in [0.2, 0.25) is 0 Å². The van der Waals surface area contributed by atoms with Crippen molar-refractivity contribution in [3.63, 3.8) is 0 Å². The van der Waals surface area contributed by atoms with E-state index in [0.29, 0.717) is 13.0 Å². The van der Waals surface area contributed by atoms with Gasteiger partial charge in [-0.1, -0.05) is 13.3 Å². The van der Waals surface area contributed by atoms with Gasteiger partial charge >= 0.3 is 0 Å². The summed E-state index contributed by atoms with van der Waals surface area (Å²) >= 11 is 0. The monoisotopic (exact) mass is 307 g/mol. The Morgan fingerprint density at radius 1 is 1.30 bits per heavy atom. The Balaban J connectivity index is 0.00000361. The van der Waals surface area contributed by atoms with Crippen molar-refractivity contribution in [2.45, 2.75) is 51.6 Å². The van der Waals surface area contributed by atoms with E-state index in [4.69, 9.17) is 10.5 Å². The first kappa shape index (κ1) is 19.6. The summed E-state index contributed by atoms with van der Waals surface area (Å²) in [5, 5.41) is 3.00. The first-order valence-corrected chi connectivity index (χ1v) is 7.19. The molecular formula is C14H30ClN3O2. The van der Waals surface area contributed by atoms with Crippen molar-refractivity contribution in [3.8, 4) is 0 Å². The number of ether oxygens (including phenoxy) is 1. The minimum atomic E-state index is -0.768. The second-order valence-corrected chi connectivity index (χ2v) is 6.26. The highest BCUT2D eigenvalue weighted by atomic mass is 35.5. The maximum absolute atomic E-state index is 12.1. The van der Waals surface area contributed by atoms with Gasteiger partial charge in [0, 0.05) is 25.2 Å². The zero-order chi connectivity index (χ0) is 14.5. The lowest BCUT2D eigenvalue weighted by atomic mass is 9.95. The van der Waals surface area contributed by atoms with Crippen LogP contribution in [0.4, 0.5) is 0 Å². The SMILES string of the molecule is CCCC(C)(N)C(=O)NCC(C)(C)N1CCOCC1.Cl. The normalized spacial score (nSPS) is 19.9. The molecule has 1 aliphatic rings. The van der Waals surface area contributed by atoms with Crippen LogP contribution in [0.25, 0.3) is 0 Å². The van der Waals surface area contributed by atoms with Gasteiger partial charge in [-0.3, -0.25) is 9.69 Å².